The molecular weight excluding hydrogens is 500 g/mol. The number of aromatic nitrogens is 1. The number of rotatable bonds is 3. The topological polar surface area (TPSA) is 78.9 Å². The number of para-hydroxylation sites is 1. The van der Waals surface area contributed by atoms with E-state index in [9.17, 15) is 10.2 Å². The molecule has 1 aromatic heterocycles. The number of halogens is 2. The van der Waals surface area contributed by atoms with E-state index in [0.717, 1.165) is 33.5 Å². The maximum Gasteiger partial charge on any atom is 0.227 e. The SMILES string of the molecule is Cc1cc(-c2nc3c(C)cccc3o2)ccc1N=Cc1cc(Br)c(O)c(Br)c1O. The molecule has 0 saturated carbocycles. The van der Waals surface area contributed by atoms with E-state index in [1.54, 1.807) is 12.3 Å². The van der Waals surface area contributed by atoms with Gasteiger partial charge in [-0.3, -0.25) is 4.99 Å². The number of phenolic OH excluding ortho intramolecular Hbond substituents is 2. The lowest BCUT2D eigenvalue weighted by atomic mass is 10.1. The summed E-state index contributed by atoms with van der Waals surface area (Å²) in [6.07, 6.45) is 1.55. The third-order valence-corrected chi connectivity index (χ3v) is 5.96. The highest BCUT2D eigenvalue weighted by Gasteiger charge is 2.13. The minimum absolute atomic E-state index is 0.0613. The van der Waals surface area contributed by atoms with Crippen LogP contribution in [0, 0.1) is 13.8 Å². The van der Waals surface area contributed by atoms with Crippen LogP contribution in [0.3, 0.4) is 0 Å². The lowest BCUT2D eigenvalue weighted by Crippen LogP contribution is -1.87. The summed E-state index contributed by atoms with van der Waals surface area (Å²) in [6, 6.07) is 13.2. The summed E-state index contributed by atoms with van der Waals surface area (Å²) in [5.41, 5.74) is 5.73. The molecule has 5 nitrogen and oxygen atoms in total. The molecule has 0 saturated heterocycles. The summed E-state index contributed by atoms with van der Waals surface area (Å²) < 4.78 is 6.57. The molecule has 2 N–H and O–H groups in total. The van der Waals surface area contributed by atoms with Gasteiger partial charge in [0.2, 0.25) is 5.89 Å². The molecule has 4 aromatic rings. The van der Waals surface area contributed by atoms with Crippen LogP contribution in [0.4, 0.5) is 5.69 Å². The predicted molar refractivity (Wildman–Crippen MR) is 121 cm³/mol. The minimum atomic E-state index is -0.0782. The number of fused-ring (bicyclic) bond motifs is 1. The number of aryl methyl sites for hydroxylation is 2. The Bertz CT molecular complexity index is 1280. The quantitative estimate of drug-likeness (QED) is 0.294. The molecule has 146 valence electrons. The Morgan fingerprint density at radius 1 is 1.00 bits per heavy atom. The molecule has 1 heterocycles. The molecule has 0 fully saturated rings. The van der Waals surface area contributed by atoms with E-state index in [1.165, 1.54) is 0 Å². The van der Waals surface area contributed by atoms with E-state index >= 15 is 0 Å². The average molecular weight is 516 g/mol. The van der Waals surface area contributed by atoms with Crippen molar-refractivity contribution in [3.63, 3.8) is 0 Å². The van der Waals surface area contributed by atoms with Gasteiger partial charge >= 0.3 is 0 Å². The second-order valence-corrected chi connectivity index (χ2v) is 8.31. The maximum absolute atomic E-state index is 10.2. The fourth-order valence-electron chi connectivity index (χ4n) is 3.00. The molecule has 0 aliphatic carbocycles. The highest BCUT2D eigenvalue weighted by atomic mass is 79.9. The first-order valence-corrected chi connectivity index (χ1v) is 10.3. The van der Waals surface area contributed by atoms with Crippen molar-refractivity contribution in [1.29, 1.82) is 0 Å². The van der Waals surface area contributed by atoms with Crippen LogP contribution in [-0.2, 0) is 0 Å². The van der Waals surface area contributed by atoms with Crippen molar-refractivity contribution < 1.29 is 14.6 Å². The lowest BCUT2D eigenvalue weighted by Gasteiger charge is -2.07. The van der Waals surface area contributed by atoms with E-state index in [1.807, 2.05) is 50.2 Å². The summed E-state index contributed by atoms with van der Waals surface area (Å²) >= 11 is 6.42. The average Bonchev–Trinajstić information content (AvgIpc) is 3.14. The number of aliphatic imine (C=N–C) groups is 1. The zero-order chi connectivity index (χ0) is 20.7. The number of aromatic hydroxyl groups is 2. The van der Waals surface area contributed by atoms with Gasteiger partial charge in [-0.25, -0.2) is 4.98 Å². The van der Waals surface area contributed by atoms with Gasteiger partial charge in [0.05, 0.1) is 10.2 Å². The van der Waals surface area contributed by atoms with Crippen molar-refractivity contribution in [3.8, 4) is 23.0 Å². The van der Waals surface area contributed by atoms with Crippen molar-refractivity contribution in [2.24, 2.45) is 4.99 Å². The molecule has 0 unspecified atom stereocenters. The van der Waals surface area contributed by atoms with E-state index in [2.05, 4.69) is 41.8 Å². The number of phenols is 2. The van der Waals surface area contributed by atoms with Gasteiger partial charge in [0.1, 0.15) is 21.5 Å². The fraction of sp³-hybridized carbons (Fsp3) is 0.0909. The van der Waals surface area contributed by atoms with Crippen LogP contribution < -0.4 is 0 Å². The minimum Gasteiger partial charge on any atom is -0.506 e. The smallest absolute Gasteiger partial charge is 0.227 e. The van der Waals surface area contributed by atoms with Crippen molar-refractivity contribution in [2.45, 2.75) is 13.8 Å². The molecule has 0 aliphatic heterocycles. The molecule has 0 atom stereocenters. The Labute approximate surface area is 184 Å². The van der Waals surface area contributed by atoms with Gasteiger partial charge in [-0.05, 0) is 87.2 Å². The van der Waals surface area contributed by atoms with Crippen LogP contribution in [-0.4, -0.2) is 21.4 Å². The Balaban J connectivity index is 1.67. The summed E-state index contributed by atoms with van der Waals surface area (Å²) in [4.78, 5) is 9.09. The summed E-state index contributed by atoms with van der Waals surface area (Å²) in [6.45, 7) is 3.96. The molecule has 0 amide bonds. The second kappa shape index (κ2) is 7.65. The fourth-order valence-corrected chi connectivity index (χ4v) is 4.15. The molecular formula is C22H16Br2N2O3. The zero-order valence-corrected chi connectivity index (χ0v) is 18.7. The molecule has 0 aliphatic rings. The maximum atomic E-state index is 10.2. The van der Waals surface area contributed by atoms with Gasteiger partial charge in [-0.1, -0.05) is 12.1 Å². The summed E-state index contributed by atoms with van der Waals surface area (Å²) in [5.74, 6) is 0.427. The lowest BCUT2D eigenvalue weighted by molar-refractivity contribution is 0.442. The number of oxazole rings is 1. The second-order valence-electron chi connectivity index (χ2n) is 6.66. The number of benzene rings is 3. The van der Waals surface area contributed by atoms with Crippen LogP contribution in [0.25, 0.3) is 22.6 Å². The monoisotopic (exact) mass is 514 g/mol. The largest absolute Gasteiger partial charge is 0.506 e. The molecule has 4 rings (SSSR count). The van der Waals surface area contributed by atoms with Gasteiger partial charge < -0.3 is 14.6 Å². The molecule has 0 radical (unpaired) electrons. The van der Waals surface area contributed by atoms with E-state index in [-0.39, 0.29) is 16.0 Å². The summed E-state index contributed by atoms with van der Waals surface area (Å²) in [5, 5.41) is 20.0. The third kappa shape index (κ3) is 3.68. The standard InChI is InChI=1S/C22H16Br2N2O3/c1-11-4-3-5-17-19(11)26-22(29-17)13-6-7-16(12(2)8-13)25-10-14-9-15(23)21(28)18(24)20(14)27/h3-10,27-28H,1-2H3. The third-order valence-electron chi connectivity index (χ3n) is 4.60. The van der Waals surface area contributed by atoms with Crippen molar-refractivity contribution >= 4 is 54.9 Å². The summed E-state index contributed by atoms with van der Waals surface area (Å²) in [7, 11) is 0. The van der Waals surface area contributed by atoms with Crippen LogP contribution in [0.2, 0.25) is 0 Å². The van der Waals surface area contributed by atoms with E-state index in [4.69, 9.17) is 4.42 Å². The Kier molecular flexibility index (Phi) is 5.19. The van der Waals surface area contributed by atoms with E-state index < -0.39 is 0 Å². The first-order chi connectivity index (χ1) is 13.8. The van der Waals surface area contributed by atoms with Gasteiger partial charge in [0, 0.05) is 17.3 Å². The Morgan fingerprint density at radius 3 is 2.52 bits per heavy atom. The van der Waals surface area contributed by atoms with Crippen molar-refractivity contribution in [2.75, 3.05) is 0 Å². The highest BCUT2D eigenvalue weighted by molar-refractivity contribution is 9.11. The first kappa shape index (κ1) is 19.7. The van der Waals surface area contributed by atoms with Gasteiger partial charge in [-0.15, -0.1) is 0 Å². The highest BCUT2D eigenvalue weighted by Crippen LogP contribution is 2.41. The molecule has 0 bridgehead atoms. The van der Waals surface area contributed by atoms with Gasteiger partial charge in [-0.2, -0.15) is 0 Å². The van der Waals surface area contributed by atoms with Crippen LogP contribution in [0.15, 0.2) is 60.8 Å². The Hall–Kier alpha value is -2.64. The van der Waals surface area contributed by atoms with Crippen molar-refractivity contribution in [1.82, 2.24) is 4.98 Å². The van der Waals surface area contributed by atoms with Crippen LogP contribution in [0.1, 0.15) is 16.7 Å². The van der Waals surface area contributed by atoms with Crippen LogP contribution >= 0.6 is 31.9 Å². The Morgan fingerprint density at radius 2 is 1.79 bits per heavy atom. The van der Waals surface area contributed by atoms with Crippen molar-refractivity contribution in [3.05, 3.63) is 68.1 Å². The normalized spacial score (nSPS) is 11.6. The van der Waals surface area contributed by atoms with Gasteiger partial charge in [0.25, 0.3) is 0 Å². The predicted octanol–water partition coefficient (Wildman–Crippen LogP) is 6.80. The first-order valence-electron chi connectivity index (χ1n) is 8.76. The molecule has 7 heteroatoms. The molecule has 3 aromatic carbocycles. The molecule has 29 heavy (non-hydrogen) atoms. The number of nitrogens with zero attached hydrogens (tertiary/aromatic N) is 2. The molecule has 0 spiro atoms. The zero-order valence-electron chi connectivity index (χ0n) is 15.6. The van der Waals surface area contributed by atoms with Gasteiger partial charge in [0.15, 0.2) is 5.58 Å². The number of hydrogen-bond donors (Lipinski definition) is 2. The number of hydrogen-bond acceptors (Lipinski definition) is 5. The van der Waals surface area contributed by atoms with Crippen LogP contribution in [0.5, 0.6) is 11.5 Å². The van der Waals surface area contributed by atoms with E-state index in [0.29, 0.717) is 15.9 Å².